The second kappa shape index (κ2) is 40.9. The van der Waals surface area contributed by atoms with Crippen LogP contribution in [0, 0.1) is 0 Å². The number of carbonyl (C=O) groups excluding carboxylic acids is 2. The van der Waals surface area contributed by atoms with Crippen LogP contribution in [0.4, 0.5) is 0 Å². The third-order valence-corrected chi connectivity index (χ3v) is 9.53. The highest BCUT2D eigenvalue weighted by atomic mass is 31.2. The summed E-state index contributed by atoms with van der Waals surface area (Å²) < 4.78 is 32.6. The molecule has 0 saturated heterocycles. The number of rotatable bonds is 39. The molecule has 0 fully saturated rings. The van der Waals surface area contributed by atoms with Crippen molar-refractivity contribution in [3.8, 4) is 0 Å². The van der Waals surface area contributed by atoms with E-state index in [1.165, 1.54) is 38.5 Å². The molecule has 12 heteroatoms. The average molecular weight is 837 g/mol. The van der Waals surface area contributed by atoms with Gasteiger partial charge in [0.2, 0.25) is 0 Å². The van der Waals surface area contributed by atoms with Gasteiger partial charge >= 0.3 is 19.8 Å². The van der Waals surface area contributed by atoms with Gasteiger partial charge in [-0.2, -0.15) is 0 Å². The Labute approximate surface area is 350 Å². The molecule has 4 N–H and O–H groups in total. The molecule has 2 unspecified atom stereocenters. The third kappa shape index (κ3) is 39.9. The molecule has 0 amide bonds. The number of aliphatic hydroxyl groups is 3. The molecule has 0 aliphatic heterocycles. The molecule has 0 aromatic rings. The average Bonchev–Trinajstić information content (AvgIpc) is 3.20. The van der Waals surface area contributed by atoms with Gasteiger partial charge in [0, 0.05) is 12.8 Å². The number of hydrogen-bond donors (Lipinski definition) is 4. The van der Waals surface area contributed by atoms with Gasteiger partial charge in [-0.1, -0.05) is 137 Å². The van der Waals surface area contributed by atoms with E-state index in [9.17, 15) is 29.3 Å². The lowest BCUT2D eigenvalue weighted by Crippen LogP contribution is -2.29. The highest BCUT2D eigenvalue weighted by Crippen LogP contribution is 2.43. The predicted octanol–water partition coefficient (Wildman–Crippen LogP) is 10.4. The van der Waals surface area contributed by atoms with Crippen LogP contribution in [0.2, 0.25) is 0 Å². The molecule has 0 aromatic carbocycles. The Hall–Kier alpha value is -2.89. The summed E-state index contributed by atoms with van der Waals surface area (Å²) in [6, 6.07) is 0. The van der Waals surface area contributed by atoms with Gasteiger partial charge in [-0.25, -0.2) is 4.57 Å². The number of allylic oxidation sites excluding steroid dienone is 13. The summed E-state index contributed by atoms with van der Waals surface area (Å²) in [6.07, 6.45) is 44.8. The second-order valence-electron chi connectivity index (χ2n) is 14.2. The van der Waals surface area contributed by atoms with E-state index in [1.54, 1.807) is 0 Å². The van der Waals surface area contributed by atoms with Gasteiger partial charge < -0.3 is 29.7 Å². The highest BCUT2D eigenvalue weighted by molar-refractivity contribution is 7.47. The SMILES string of the molecule is CCCCCCCC/C=C\C/C=C\C/C=C\CCCC(=O)OC[C@H](COP(=O)(O)OC[C@@H](O)CO)OC(=O)CCC/C=C\C/C=C\C/C=C\C/C=C\CC(O)CCC. The number of carbonyl (C=O) groups is 2. The minimum Gasteiger partial charge on any atom is -0.462 e. The summed E-state index contributed by atoms with van der Waals surface area (Å²) in [5.74, 6) is -1.08. The highest BCUT2D eigenvalue weighted by Gasteiger charge is 2.27. The number of phosphoric ester groups is 1. The van der Waals surface area contributed by atoms with Gasteiger partial charge in [0.15, 0.2) is 6.10 Å². The number of esters is 2. The molecule has 332 valence electrons. The zero-order chi connectivity index (χ0) is 42.8. The largest absolute Gasteiger partial charge is 0.472 e. The lowest BCUT2D eigenvalue weighted by Gasteiger charge is -2.20. The van der Waals surface area contributed by atoms with E-state index in [0.717, 1.165) is 51.4 Å². The van der Waals surface area contributed by atoms with Crippen LogP contribution in [-0.2, 0) is 32.7 Å². The van der Waals surface area contributed by atoms with Crippen molar-refractivity contribution in [1.82, 2.24) is 0 Å². The van der Waals surface area contributed by atoms with E-state index in [4.69, 9.17) is 19.1 Å². The van der Waals surface area contributed by atoms with Crippen molar-refractivity contribution in [3.63, 3.8) is 0 Å². The van der Waals surface area contributed by atoms with E-state index in [1.807, 2.05) is 24.3 Å². The lowest BCUT2D eigenvalue weighted by atomic mass is 10.1. The van der Waals surface area contributed by atoms with Gasteiger partial charge in [-0.3, -0.25) is 18.6 Å². The van der Waals surface area contributed by atoms with E-state index in [0.29, 0.717) is 32.1 Å². The first kappa shape index (κ1) is 55.1. The molecule has 0 bridgehead atoms. The zero-order valence-electron chi connectivity index (χ0n) is 35.6. The van der Waals surface area contributed by atoms with Gasteiger partial charge in [0.1, 0.15) is 12.7 Å². The van der Waals surface area contributed by atoms with Crippen LogP contribution in [0.5, 0.6) is 0 Å². The predicted molar refractivity (Wildman–Crippen MR) is 234 cm³/mol. The molecule has 0 aliphatic rings. The number of phosphoric acid groups is 1. The van der Waals surface area contributed by atoms with Gasteiger partial charge in [-0.05, 0) is 83.5 Å². The molecular weight excluding hydrogens is 759 g/mol. The maximum Gasteiger partial charge on any atom is 0.472 e. The summed E-state index contributed by atoms with van der Waals surface area (Å²) in [5.41, 5.74) is 0. The molecule has 0 radical (unpaired) electrons. The molecule has 0 saturated carbocycles. The first-order valence-corrected chi connectivity index (χ1v) is 23.1. The van der Waals surface area contributed by atoms with Crippen LogP contribution < -0.4 is 0 Å². The van der Waals surface area contributed by atoms with Gasteiger partial charge in [0.25, 0.3) is 0 Å². The number of aliphatic hydroxyl groups excluding tert-OH is 3. The topological polar surface area (TPSA) is 169 Å². The molecule has 4 atom stereocenters. The van der Waals surface area contributed by atoms with Crippen LogP contribution >= 0.6 is 7.82 Å². The molecule has 58 heavy (non-hydrogen) atoms. The maximum absolute atomic E-state index is 12.6. The van der Waals surface area contributed by atoms with Crippen molar-refractivity contribution >= 4 is 19.8 Å². The van der Waals surface area contributed by atoms with E-state index < -0.39 is 51.8 Å². The number of ether oxygens (including phenoxy) is 2. The van der Waals surface area contributed by atoms with Gasteiger partial charge in [0.05, 0.1) is 25.9 Å². The third-order valence-electron chi connectivity index (χ3n) is 8.58. The second-order valence-corrected chi connectivity index (χ2v) is 15.6. The van der Waals surface area contributed by atoms with E-state index in [-0.39, 0.29) is 25.6 Å². The first-order valence-electron chi connectivity index (χ1n) is 21.6. The minimum atomic E-state index is -4.66. The molecule has 0 aliphatic carbocycles. The molecule has 0 rings (SSSR count). The standard InChI is InChI=1S/C46H77O11P/c1-3-5-6-7-8-9-10-11-12-13-14-17-20-23-26-29-32-36-45(50)54-40-44(41-56-58(52,53)55-39-43(49)38-47)57-46(51)37-33-30-27-24-21-18-15-16-19-22-25-28-31-35-42(48)34-4-2/h11-12,14-15,17-19,22-24,26-28,31,42-44,47-49H,3-10,13,16,20-21,25,29-30,32-41H2,1-2H3,(H,52,53)/b12-11-,17-14-,18-15-,22-19-,26-23-,27-24-,31-28-/t42?,43-,44+/m0/s1. The summed E-state index contributed by atoms with van der Waals surface area (Å²) >= 11 is 0. The fourth-order valence-electron chi connectivity index (χ4n) is 5.25. The Morgan fingerprint density at radius 2 is 1.02 bits per heavy atom. The number of unbranched alkanes of at least 4 members (excludes halogenated alkanes) is 8. The first-order chi connectivity index (χ1) is 28.1. The van der Waals surface area contributed by atoms with Crippen LogP contribution in [0.3, 0.4) is 0 Å². The normalized spacial score (nSPS) is 15.2. The molecule has 0 spiro atoms. The van der Waals surface area contributed by atoms with Crippen molar-refractivity contribution in [1.29, 1.82) is 0 Å². The molecular formula is C46H77O11P. The van der Waals surface area contributed by atoms with Crippen LogP contribution in [0.15, 0.2) is 85.1 Å². The fraction of sp³-hybridized carbons (Fsp3) is 0.652. The van der Waals surface area contributed by atoms with Crippen LogP contribution in [0.1, 0.15) is 149 Å². The molecule has 0 aromatic heterocycles. The lowest BCUT2D eigenvalue weighted by molar-refractivity contribution is -0.161. The summed E-state index contributed by atoms with van der Waals surface area (Å²) in [7, 11) is -4.66. The Kier molecular flexibility index (Phi) is 38.8. The Morgan fingerprint density at radius 1 is 0.552 bits per heavy atom. The number of hydrogen-bond acceptors (Lipinski definition) is 10. The zero-order valence-corrected chi connectivity index (χ0v) is 36.5. The Balaban J connectivity index is 4.52. The minimum absolute atomic E-state index is 0.0783. The fourth-order valence-corrected chi connectivity index (χ4v) is 6.04. The van der Waals surface area contributed by atoms with Crippen LogP contribution in [0.25, 0.3) is 0 Å². The summed E-state index contributed by atoms with van der Waals surface area (Å²) in [4.78, 5) is 34.9. The van der Waals surface area contributed by atoms with Crippen molar-refractivity contribution in [2.75, 3.05) is 26.4 Å². The van der Waals surface area contributed by atoms with Crippen molar-refractivity contribution in [2.24, 2.45) is 0 Å². The summed E-state index contributed by atoms with van der Waals surface area (Å²) in [6.45, 7) is 2.02. The van der Waals surface area contributed by atoms with E-state index >= 15 is 0 Å². The molecule has 11 nitrogen and oxygen atoms in total. The molecule has 0 heterocycles. The van der Waals surface area contributed by atoms with Crippen molar-refractivity contribution in [2.45, 2.75) is 167 Å². The van der Waals surface area contributed by atoms with Crippen molar-refractivity contribution < 1.29 is 52.9 Å². The quantitative estimate of drug-likeness (QED) is 0.0201. The van der Waals surface area contributed by atoms with Crippen LogP contribution in [-0.4, -0.2) is 76.9 Å². The Morgan fingerprint density at radius 3 is 1.55 bits per heavy atom. The Bertz CT molecular complexity index is 1250. The summed E-state index contributed by atoms with van der Waals surface area (Å²) in [5, 5.41) is 28.0. The van der Waals surface area contributed by atoms with Gasteiger partial charge in [-0.15, -0.1) is 0 Å². The monoisotopic (exact) mass is 837 g/mol. The smallest absolute Gasteiger partial charge is 0.462 e. The van der Waals surface area contributed by atoms with E-state index in [2.05, 4.69) is 79.1 Å². The van der Waals surface area contributed by atoms with Crippen molar-refractivity contribution in [3.05, 3.63) is 85.1 Å². The maximum atomic E-state index is 12.6.